The van der Waals surface area contributed by atoms with Gasteiger partial charge in [-0.2, -0.15) is 5.10 Å². The lowest BCUT2D eigenvalue weighted by molar-refractivity contribution is -0.123. The van der Waals surface area contributed by atoms with Crippen molar-refractivity contribution in [3.05, 3.63) is 78.1 Å². The predicted molar refractivity (Wildman–Crippen MR) is 137 cm³/mol. The quantitative estimate of drug-likeness (QED) is 0.480. The molecule has 0 saturated heterocycles. The van der Waals surface area contributed by atoms with Crippen LogP contribution >= 0.6 is 0 Å². The number of hydrogen-bond donors (Lipinski definition) is 1. The molecule has 1 atom stereocenters. The van der Waals surface area contributed by atoms with Gasteiger partial charge < -0.3 is 10.1 Å². The van der Waals surface area contributed by atoms with Crippen molar-refractivity contribution in [3.63, 3.8) is 0 Å². The molecule has 184 valence electrons. The number of aromatic nitrogens is 2. The van der Waals surface area contributed by atoms with Gasteiger partial charge in [0.2, 0.25) is 5.91 Å². The minimum Gasteiger partial charge on any atom is -0.495 e. The molecule has 35 heavy (non-hydrogen) atoms. The van der Waals surface area contributed by atoms with Crippen molar-refractivity contribution >= 4 is 17.5 Å². The molecular formula is C28H34N4O3. The monoisotopic (exact) mass is 474 g/mol. The summed E-state index contributed by atoms with van der Waals surface area (Å²) >= 11 is 0. The summed E-state index contributed by atoms with van der Waals surface area (Å²) in [6, 6.07) is 16.1. The van der Waals surface area contributed by atoms with E-state index in [1.807, 2.05) is 62.4 Å². The third kappa shape index (κ3) is 5.56. The number of para-hydroxylation sites is 2. The minimum absolute atomic E-state index is 0.107. The van der Waals surface area contributed by atoms with Crippen LogP contribution in [0.25, 0.3) is 0 Å². The van der Waals surface area contributed by atoms with Crippen LogP contribution in [0.2, 0.25) is 0 Å². The number of amides is 2. The van der Waals surface area contributed by atoms with E-state index in [0.29, 0.717) is 17.0 Å². The fourth-order valence-electron chi connectivity index (χ4n) is 4.64. The van der Waals surface area contributed by atoms with Crippen LogP contribution in [0.4, 0.5) is 5.69 Å². The number of nitrogens with one attached hydrogen (secondary N) is 1. The average Bonchev–Trinajstić information content (AvgIpc) is 3.39. The lowest BCUT2D eigenvalue weighted by Gasteiger charge is -2.34. The van der Waals surface area contributed by atoms with Crippen molar-refractivity contribution < 1.29 is 14.3 Å². The molecule has 7 heteroatoms. The molecule has 1 saturated carbocycles. The lowest BCUT2D eigenvalue weighted by Crippen LogP contribution is -2.47. The van der Waals surface area contributed by atoms with Gasteiger partial charge in [0.15, 0.2) is 0 Å². The summed E-state index contributed by atoms with van der Waals surface area (Å²) < 4.78 is 7.37. The molecule has 1 aromatic heterocycles. The zero-order chi connectivity index (χ0) is 24.8. The van der Waals surface area contributed by atoms with Gasteiger partial charge in [-0.1, -0.05) is 61.7 Å². The minimum atomic E-state index is -0.871. The first kappa shape index (κ1) is 24.5. The third-order valence-corrected chi connectivity index (χ3v) is 6.51. The molecule has 0 bridgehead atoms. The number of carbonyl (C=O) groups excluding carboxylic acids is 2. The van der Waals surface area contributed by atoms with Crippen molar-refractivity contribution in [1.82, 2.24) is 15.1 Å². The van der Waals surface area contributed by atoms with Crippen LogP contribution in [-0.4, -0.2) is 34.7 Å². The topological polar surface area (TPSA) is 76.5 Å². The van der Waals surface area contributed by atoms with Crippen molar-refractivity contribution in [2.24, 2.45) is 0 Å². The van der Waals surface area contributed by atoms with E-state index in [2.05, 4.69) is 10.4 Å². The number of benzene rings is 2. The van der Waals surface area contributed by atoms with Gasteiger partial charge >= 0.3 is 0 Å². The summed E-state index contributed by atoms with van der Waals surface area (Å²) in [6.45, 7) is 4.01. The first-order valence-corrected chi connectivity index (χ1v) is 12.4. The largest absolute Gasteiger partial charge is 0.495 e. The molecule has 0 spiro atoms. The van der Waals surface area contributed by atoms with Crippen LogP contribution in [0, 0.1) is 0 Å². The van der Waals surface area contributed by atoms with Gasteiger partial charge in [-0.25, -0.2) is 0 Å². The highest BCUT2D eigenvalue weighted by atomic mass is 16.5. The molecule has 4 rings (SSSR count). The van der Waals surface area contributed by atoms with Gasteiger partial charge in [0, 0.05) is 18.3 Å². The second-order valence-corrected chi connectivity index (χ2v) is 9.31. The van der Waals surface area contributed by atoms with Crippen molar-refractivity contribution in [1.29, 1.82) is 0 Å². The fourth-order valence-corrected chi connectivity index (χ4v) is 4.64. The molecule has 2 aromatic carbocycles. The molecule has 1 unspecified atom stereocenters. The summed E-state index contributed by atoms with van der Waals surface area (Å²) in [5.74, 6) is 0.0103. The average molecular weight is 475 g/mol. The van der Waals surface area contributed by atoms with E-state index in [1.165, 1.54) is 6.42 Å². The van der Waals surface area contributed by atoms with E-state index >= 15 is 0 Å². The molecule has 2 amide bonds. The Morgan fingerprint density at radius 1 is 1.03 bits per heavy atom. The first-order valence-electron chi connectivity index (χ1n) is 12.4. The Labute approximate surface area is 207 Å². The van der Waals surface area contributed by atoms with E-state index in [4.69, 9.17) is 4.74 Å². The van der Waals surface area contributed by atoms with Crippen LogP contribution in [0.15, 0.2) is 67.0 Å². The van der Waals surface area contributed by atoms with Crippen LogP contribution in [0.3, 0.4) is 0 Å². The van der Waals surface area contributed by atoms with E-state index in [-0.39, 0.29) is 23.9 Å². The third-order valence-electron chi connectivity index (χ3n) is 6.51. The smallest absolute Gasteiger partial charge is 0.262 e. The van der Waals surface area contributed by atoms with Crippen molar-refractivity contribution in [3.8, 4) is 5.75 Å². The number of carbonyl (C=O) groups is 2. The summed E-state index contributed by atoms with van der Waals surface area (Å²) in [5, 5.41) is 7.60. The highest BCUT2D eigenvalue weighted by Gasteiger charge is 2.36. The summed E-state index contributed by atoms with van der Waals surface area (Å²) in [7, 11) is 1.57. The first-order chi connectivity index (χ1) is 17.0. The Hall–Kier alpha value is -3.61. The maximum absolute atomic E-state index is 14.1. The number of methoxy groups -OCH3 is 1. The number of rotatable bonds is 8. The van der Waals surface area contributed by atoms with Crippen LogP contribution in [-0.2, 0) is 4.79 Å². The molecule has 1 fully saturated rings. The van der Waals surface area contributed by atoms with Crippen molar-refractivity contribution in [2.45, 2.75) is 64.1 Å². The Balaban J connectivity index is 1.81. The normalized spacial score (nSPS) is 15.0. The number of anilines is 1. The van der Waals surface area contributed by atoms with Crippen LogP contribution in [0.5, 0.6) is 5.75 Å². The van der Waals surface area contributed by atoms with Gasteiger partial charge in [0.1, 0.15) is 11.8 Å². The van der Waals surface area contributed by atoms with Gasteiger partial charge in [0.05, 0.1) is 24.6 Å². The number of nitrogens with zero attached hydrogens (tertiary/aromatic N) is 3. The van der Waals surface area contributed by atoms with Gasteiger partial charge in [-0.15, -0.1) is 0 Å². The Morgan fingerprint density at radius 3 is 2.37 bits per heavy atom. The Bertz CT molecular complexity index is 1140. The standard InChI is InChI=1S/C28H34N4O3/c1-20(2)31-19-22(18-29-31)28(34)32(24-16-10-11-17-25(24)35-3)26(21-12-6-4-7-13-21)27(33)30-23-14-8-5-9-15-23/h4,6-7,10-13,16-20,23,26H,5,8-9,14-15H2,1-3H3,(H,30,33). The van der Waals surface area contributed by atoms with Crippen LogP contribution < -0.4 is 15.0 Å². The molecule has 1 aliphatic carbocycles. The predicted octanol–water partition coefficient (Wildman–Crippen LogP) is 5.31. The molecule has 0 aliphatic heterocycles. The maximum Gasteiger partial charge on any atom is 0.262 e. The van der Waals surface area contributed by atoms with E-state index in [9.17, 15) is 9.59 Å². The molecule has 1 heterocycles. The maximum atomic E-state index is 14.1. The molecular weight excluding hydrogens is 440 g/mol. The highest BCUT2D eigenvalue weighted by molar-refractivity contribution is 6.10. The van der Waals surface area contributed by atoms with E-state index in [1.54, 1.807) is 35.2 Å². The zero-order valence-corrected chi connectivity index (χ0v) is 20.7. The van der Waals surface area contributed by atoms with Gasteiger partial charge in [0.25, 0.3) is 5.91 Å². The number of hydrogen-bond acceptors (Lipinski definition) is 4. The Morgan fingerprint density at radius 2 is 1.71 bits per heavy atom. The molecule has 1 aliphatic rings. The summed E-state index contributed by atoms with van der Waals surface area (Å²) in [6.07, 6.45) is 8.60. The molecule has 1 N–H and O–H groups in total. The fraction of sp³-hybridized carbons (Fsp3) is 0.393. The molecule has 3 aromatic rings. The van der Waals surface area contributed by atoms with Gasteiger partial charge in [-0.3, -0.25) is 19.2 Å². The highest BCUT2D eigenvalue weighted by Crippen LogP contribution is 2.36. The number of ether oxygens (including phenoxy) is 1. The molecule has 7 nitrogen and oxygen atoms in total. The molecule has 0 radical (unpaired) electrons. The zero-order valence-electron chi connectivity index (χ0n) is 20.7. The summed E-state index contributed by atoms with van der Waals surface area (Å²) in [5.41, 5.74) is 1.68. The van der Waals surface area contributed by atoms with Gasteiger partial charge in [-0.05, 0) is 44.4 Å². The second kappa shape index (κ2) is 11.2. The Kier molecular flexibility index (Phi) is 7.85. The SMILES string of the molecule is COc1ccccc1N(C(=O)c1cnn(C(C)C)c1)C(C(=O)NC1CCCCC1)c1ccccc1. The lowest BCUT2D eigenvalue weighted by atomic mass is 9.94. The van der Waals surface area contributed by atoms with Crippen molar-refractivity contribution in [2.75, 3.05) is 12.0 Å². The summed E-state index contributed by atoms with van der Waals surface area (Å²) in [4.78, 5) is 29.6. The van der Waals surface area contributed by atoms with E-state index in [0.717, 1.165) is 31.2 Å². The van der Waals surface area contributed by atoms with E-state index < -0.39 is 6.04 Å². The second-order valence-electron chi connectivity index (χ2n) is 9.31. The van der Waals surface area contributed by atoms with Crippen LogP contribution in [0.1, 0.15) is 74.0 Å².